The molecule has 9 amide bonds. The Balaban J connectivity index is 0.722. The molecule has 0 spiro atoms. The molecule has 4 aliphatic heterocycles. The maximum atomic E-state index is 14.7. The van der Waals surface area contributed by atoms with Gasteiger partial charge in [0.1, 0.15) is 23.9 Å². The van der Waals surface area contributed by atoms with Crippen molar-refractivity contribution in [3.8, 4) is 0 Å². The number of nitrogens with two attached hydrogens (primary N) is 1. The molecule has 1 unspecified atom stereocenters. The fourth-order valence-corrected chi connectivity index (χ4v) is 14.1. The largest absolute Gasteiger partial charge is 0.368 e. The van der Waals surface area contributed by atoms with Crippen LogP contribution in [0, 0.1) is 27.8 Å². The van der Waals surface area contributed by atoms with Crippen molar-refractivity contribution in [1.29, 1.82) is 0 Å². The number of primary amides is 1. The first-order chi connectivity index (χ1) is 41.5. The number of benzene rings is 3. The third kappa shape index (κ3) is 16.4. The Bertz CT molecular complexity index is 3160. The zero-order valence-corrected chi connectivity index (χ0v) is 49.4. The lowest BCUT2D eigenvalue weighted by molar-refractivity contribution is -0.384. The van der Waals surface area contributed by atoms with Crippen LogP contribution >= 0.6 is 11.8 Å². The summed E-state index contributed by atoms with van der Waals surface area (Å²) >= 11 is 1.83. The molecule has 5 heterocycles. The summed E-state index contributed by atoms with van der Waals surface area (Å²) in [7, 11) is 1.97. The molecule has 1 aliphatic carbocycles. The molecule has 5 aliphatic rings. The predicted octanol–water partition coefficient (Wildman–Crippen LogP) is 4.44. The topological polar surface area (TPSA) is 312 Å². The number of halogens is 1. The van der Waals surface area contributed by atoms with Crippen LogP contribution in [0.3, 0.4) is 0 Å². The molecule has 3 saturated heterocycles. The van der Waals surface area contributed by atoms with Crippen LogP contribution in [0.1, 0.15) is 106 Å². The van der Waals surface area contributed by atoms with Gasteiger partial charge < -0.3 is 52.8 Å². The van der Waals surface area contributed by atoms with Crippen LogP contribution in [-0.4, -0.2) is 154 Å². The van der Waals surface area contributed by atoms with Gasteiger partial charge in [0.05, 0.1) is 28.8 Å². The van der Waals surface area contributed by atoms with Crippen LogP contribution in [0.2, 0.25) is 0 Å². The molecule has 3 aromatic carbocycles. The van der Waals surface area contributed by atoms with Crippen LogP contribution < -0.4 is 43.0 Å². The van der Waals surface area contributed by atoms with Crippen molar-refractivity contribution in [1.82, 2.24) is 52.0 Å². The normalized spacial score (nSPS) is 21.5. The highest BCUT2D eigenvalue weighted by Gasteiger charge is 2.43. The van der Waals surface area contributed by atoms with Crippen LogP contribution in [0.5, 0.6) is 0 Å². The molecule has 86 heavy (non-hydrogen) atoms. The van der Waals surface area contributed by atoms with E-state index >= 15 is 0 Å². The van der Waals surface area contributed by atoms with Gasteiger partial charge in [-0.3, -0.25) is 48.6 Å². The first-order valence-corrected chi connectivity index (χ1v) is 31.2. The number of H-pyrrole nitrogens is 1. The number of fused-ring (bicyclic) bond motifs is 3. The minimum absolute atomic E-state index is 0.0216. The van der Waals surface area contributed by atoms with Crippen molar-refractivity contribution in [2.75, 3.05) is 45.5 Å². The van der Waals surface area contributed by atoms with Gasteiger partial charge in [0.2, 0.25) is 41.4 Å². The summed E-state index contributed by atoms with van der Waals surface area (Å²) in [5, 5.41) is 33.4. The number of nitrogens with zero attached hydrogens (tertiary/aromatic N) is 3. The quantitative estimate of drug-likeness (QED) is 0.0158. The number of hydrogen-bond acceptors (Lipinski definition) is 12. The summed E-state index contributed by atoms with van der Waals surface area (Å²) in [5.74, 6) is -3.50. The number of aromatic nitrogens is 1. The first-order valence-electron chi connectivity index (χ1n) is 30.2. The Morgan fingerprint density at radius 2 is 1.52 bits per heavy atom. The molecule has 10 N–H and O–H groups in total. The van der Waals surface area contributed by atoms with E-state index in [4.69, 9.17) is 5.73 Å². The van der Waals surface area contributed by atoms with E-state index in [9.17, 15) is 52.9 Å². The molecule has 9 atom stereocenters. The number of carbonyl (C=O) groups excluding carboxylic acids is 8. The monoisotopic (exact) mass is 1200 g/mol. The smallest absolute Gasteiger partial charge is 0.315 e. The molecule has 0 saturated carbocycles. The number of aromatic amines is 1. The van der Waals surface area contributed by atoms with E-state index in [1.807, 2.05) is 43.2 Å². The summed E-state index contributed by atoms with van der Waals surface area (Å²) in [5.41, 5.74) is 10.8. The van der Waals surface area contributed by atoms with E-state index in [0.29, 0.717) is 107 Å². The standard InChI is InChI=1S/C62H79FN12O10S/c1-73-34-41(31-45-44-12-9-14-46-55(44)40(33-67-46)32-51(45)73)59(80)69-48(29-38-20-24-43(25-21-38)75(84)85)60(81)70-49(30-37-18-22-42(63)23-19-37)61(82)74-28-10-11-39(35-74)58(79)66-27-7-2-3-16-53(76)65-26-8-6-13-47(57(64)78)68-54(77)17-5-4-15-52-56-50(36-86-52)71-62(83)72-56/h9,12,14,18-25,31,33,39,41,47-52,56,67H,2-8,10-11,13,15-17,26-30,32,34-36H2,1H3,(H2,64,78)(H,65,76)(H,66,79)(H,68,77)(H,69,80)(H,70,81)(H2,71,72,83)/t39?,41-,47+,48+,49+,50+,51-,52+,56+/m1/s1. The third-order valence-electron chi connectivity index (χ3n) is 17.3. The number of unbranched alkanes of at least 4 members (excludes halogenated alkanes) is 4. The van der Waals surface area contributed by atoms with Crippen molar-refractivity contribution in [3.05, 3.63) is 117 Å². The summed E-state index contributed by atoms with van der Waals surface area (Å²) in [4.78, 5) is 125. The number of likely N-dealkylation sites (tertiary alicyclic amines) is 1. The summed E-state index contributed by atoms with van der Waals surface area (Å²) in [6, 6.07) is 14.3. The highest BCUT2D eigenvalue weighted by Crippen LogP contribution is 2.41. The number of nitrogens with one attached hydrogen (secondary N) is 8. The van der Waals surface area contributed by atoms with Gasteiger partial charge in [0, 0.05) is 105 Å². The fourth-order valence-electron chi connectivity index (χ4n) is 12.6. The van der Waals surface area contributed by atoms with Crippen LogP contribution in [0.15, 0.2) is 79.0 Å². The number of non-ortho nitro benzene ring substituents is 1. The summed E-state index contributed by atoms with van der Waals surface area (Å²) in [6.45, 7) is 1.56. The Labute approximate surface area is 503 Å². The van der Waals surface area contributed by atoms with E-state index in [1.165, 1.54) is 54.1 Å². The van der Waals surface area contributed by atoms with Gasteiger partial charge >= 0.3 is 6.03 Å². The molecule has 1 aromatic heterocycles. The van der Waals surface area contributed by atoms with Crippen LogP contribution in [-0.2, 0) is 52.8 Å². The molecular weight excluding hydrogens is 1120 g/mol. The summed E-state index contributed by atoms with van der Waals surface area (Å²) in [6.07, 6.45) is 12.1. The maximum Gasteiger partial charge on any atom is 0.315 e. The van der Waals surface area contributed by atoms with Gasteiger partial charge in [-0.1, -0.05) is 55.3 Å². The average molecular weight is 1200 g/mol. The second-order valence-electron chi connectivity index (χ2n) is 23.5. The van der Waals surface area contributed by atoms with Gasteiger partial charge in [-0.2, -0.15) is 11.8 Å². The number of nitro groups is 1. The van der Waals surface area contributed by atoms with Gasteiger partial charge in [-0.25, -0.2) is 9.18 Å². The zero-order valence-electron chi connectivity index (χ0n) is 48.5. The van der Waals surface area contributed by atoms with Crippen molar-refractivity contribution >= 4 is 81.3 Å². The Hall–Kier alpha value is -7.86. The highest BCUT2D eigenvalue weighted by atomic mass is 32.2. The number of likely N-dealkylation sites (N-methyl/N-ethyl adjacent to an activating group) is 1. The number of urea groups is 1. The van der Waals surface area contributed by atoms with Crippen molar-refractivity contribution in [2.45, 2.75) is 144 Å². The van der Waals surface area contributed by atoms with E-state index < -0.39 is 64.3 Å². The first kappa shape index (κ1) is 62.7. The molecule has 0 bridgehead atoms. The van der Waals surface area contributed by atoms with E-state index in [2.05, 4.69) is 53.2 Å². The zero-order chi connectivity index (χ0) is 60.9. The highest BCUT2D eigenvalue weighted by molar-refractivity contribution is 8.00. The molecule has 0 radical (unpaired) electrons. The van der Waals surface area contributed by atoms with E-state index in [-0.39, 0.29) is 73.4 Å². The molecule has 4 aromatic rings. The van der Waals surface area contributed by atoms with Gasteiger partial charge in [0.25, 0.3) is 5.69 Å². The number of nitro benzene ring substituents is 1. The Kier molecular flexibility index (Phi) is 21.5. The summed E-state index contributed by atoms with van der Waals surface area (Å²) < 4.78 is 14.2. The number of hydrogen-bond donors (Lipinski definition) is 9. The molecule has 3 fully saturated rings. The van der Waals surface area contributed by atoms with Gasteiger partial charge in [-0.05, 0) is 117 Å². The maximum absolute atomic E-state index is 14.7. The van der Waals surface area contributed by atoms with Crippen LogP contribution in [0.25, 0.3) is 16.5 Å². The van der Waals surface area contributed by atoms with Crippen molar-refractivity contribution in [2.24, 2.45) is 17.6 Å². The minimum atomic E-state index is -1.22. The number of carbonyl (C=O) groups is 8. The number of rotatable bonds is 29. The minimum Gasteiger partial charge on any atom is -0.368 e. The molecule has 24 heteroatoms. The van der Waals surface area contributed by atoms with Crippen LogP contribution in [0.4, 0.5) is 14.9 Å². The Morgan fingerprint density at radius 1 is 0.802 bits per heavy atom. The van der Waals surface area contributed by atoms with Crippen molar-refractivity contribution < 1.29 is 47.7 Å². The number of amides is 9. The molecule has 460 valence electrons. The lowest BCUT2D eigenvalue weighted by Gasteiger charge is -2.39. The number of thioether (sulfide) groups is 1. The lowest BCUT2D eigenvalue weighted by atomic mass is 9.79. The molecular formula is C62H79FN12O10S. The second kappa shape index (κ2) is 29.5. The average Bonchev–Trinajstić information content (AvgIpc) is 1.54. The van der Waals surface area contributed by atoms with E-state index in [1.54, 1.807) is 4.90 Å². The molecule has 22 nitrogen and oxygen atoms in total. The van der Waals surface area contributed by atoms with Gasteiger partial charge in [0.15, 0.2) is 0 Å². The fraction of sp³-hybridized carbons (Fsp3) is 0.516. The Morgan fingerprint density at radius 3 is 2.29 bits per heavy atom. The predicted molar refractivity (Wildman–Crippen MR) is 323 cm³/mol. The van der Waals surface area contributed by atoms with E-state index in [0.717, 1.165) is 47.1 Å². The SMILES string of the molecule is CN1C[C@H](C(=O)N[C@@H](Cc2ccc([N+](=O)[O-])cc2)C(=O)N[C@@H](Cc2ccc(F)cc2)C(=O)N2CCCC(C(=O)NCCCCCC(=O)NCCCC[C@H](NC(=O)CCCC[C@@H]3SC[C@@H]4NC(=O)N[C@@H]43)C(N)=O)C2)C=C2c3cccc4[nH]cc(c34)C[C@H]21. The lowest BCUT2D eigenvalue weighted by Crippen LogP contribution is -2.58. The van der Waals surface area contributed by atoms with Crippen molar-refractivity contribution in [3.63, 3.8) is 0 Å². The third-order valence-corrected chi connectivity index (χ3v) is 18.8. The second-order valence-corrected chi connectivity index (χ2v) is 24.7. The van der Waals surface area contributed by atoms with Gasteiger partial charge in [-0.15, -0.1) is 0 Å². The number of piperidine rings is 1. The molecule has 9 rings (SSSR count).